The van der Waals surface area contributed by atoms with Crippen molar-refractivity contribution in [3.05, 3.63) is 29.3 Å². The van der Waals surface area contributed by atoms with Gasteiger partial charge in [-0.25, -0.2) is 8.78 Å². The van der Waals surface area contributed by atoms with E-state index in [1.807, 2.05) is 0 Å². The number of benzene rings is 1. The fourth-order valence-electron chi connectivity index (χ4n) is 1.52. The summed E-state index contributed by atoms with van der Waals surface area (Å²) in [6.07, 6.45) is -2.10. The van der Waals surface area contributed by atoms with Crippen LogP contribution in [0.1, 0.15) is 24.5 Å². The number of hydrogen-bond acceptors (Lipinski definition) is 2. The molecule has 0 radical (unpaired) electrons. The molecule has 15 heavy (non-hydrogen) atoms. The maximum atomic E-state index is 12.7. The predicted molar refractivity (Wildman–Crippen MR) is 55.3 cm³/mol. The molecule has 0 aliphatic carbocycles. The molecule has 0 heterocycles. The Kier molecular flexibility index (Phi) is 4.03. The zero-order chi connectivity index (χ0) is 11.4. The van der Waals surface area contributed by atoms with Crippen LogP contribution < -0.4 is 10.5 Å². The molecule has 0 aliphatic rings. The molecule has 4 heteroatoms. The van der Waals surface area contributed by atoms with Gasteiger partial charge in [0.15, 0.2) is 0 Å². The molecule has 0 spiro atoms. The van der Waals surface area contributed by atoms with Crippen LogP contribution in [0.5, 0.6) is 5.75 Å². The molecule has 0 fully saturated rings. The van der Waals surface area contributed by atoms with E-state index in [0.717, 1.165) is 0 Å². The maximum absolute atomic E-state index is 12.7. The van der Waals surface area contributed by atoms with Gasteiger partial charge in [-0.15, -0.1) is 0 Å². The minimum atomic E-state index is -2.49. The van der Waals surface area contributed by atoms with Gasteiger partial charge in [0.05, 0.1) is 7.11 Å². The first-order chi connectivity index (χ1) is 7.06. The lowest BCUT2D eigenvalue weighted by atomic mass is 10.0. The number of hydrogen-bond donors (Lipinski definition) is 1. The predicted octanol–water partition coefficient (Wildman–Crippen LogP) is 2.52. The number of halogens is 2. The van der Waals surface area contributed by atoms with Crippen molar-refractivity contribution in [1.82, 2.24) is 0 Å². The van der Waals surface area contributed by atoms with Gasteiger partial charge >= 0.3 is 0 Å². The molecule has 1 unspecified atom stereocenters. The second-order valence-corrected chi connectivity index (χ2v) is 3.51. The highest BCUT2D eigenvalue weighted by molar-refractivity contribution is 5.41. The maximum Gasteiger partial charge on any atom is 0.264 e. The van der Waals surface area contributed by atoms with Gasteiger partial charge in [-0.3, -0.25) is 0 Å². The summed E-state index contributed by atoms with van der Waals surface area (Å²) in [5, 5.41) is 0. The summed E-state index contributed by atoms with van der Waals surface area (Å²) in [5.74, 6) is 0.477. The Hall–Kier alpha value is -1.16. The van der Waals surface area contributed by atoms with Crippen molar-refractivity contribution in [2.75, 3.05) is 7.11 Å². The molecule has 2 N–H and O–H groups in total. The van der Waals surface area contributed by atoms with E-state index >= 15 is 0 Å². The quantitative estimate of drug-likeness (QED) is 0.837. The third-order valence-corrected chi connectivity index (χ3v) is 2.15. The summed E-state index contributed by atoms with van der Waals surface area (Å²) in [6, 6.07) is 4.47. The van der Waals surface area contributed by atoms with Crippen LogP contribution >= 0.6 is 0 Å². The van der Waals surface area contributed by atoms with Crippen molar-refractivity contribution in [2.24, 2.45) is 5.73 Å². The van der Waals surface area contributed by atoms with Crippen LogP contribution in [0.25, 0.3) is 0 Å². The van der Waals surface area contributed by atoms with Crippen molar-refractivity contribution in [2.45, 2.75) is 25.8 Å². The second kappa shape index (κ2) is 5.07. The Morgan fingerprint density at radius 2 is 2.07 bits per heavy atom. The van der Waals surface area contributed by atoms with Crippen molar-refractivity contribution in [3.8, 4) is 5.75 Å². The highest BCUT2D eigenvalue weighted by Crippen LogP contribution is 2.30. The third kappa shape index (κ3) is 2.89. The Bertz CT molecular complexity index is 326. The highest BCUT2D eigenvalue weighted by atomic mass is 19.3. The normalized spacial score (nSPS) is 12.9. The summed E-state index contributed by atoms with van der Waals surface area (Å²) >= 11 is 0. The van der Waals surface area contributed by atoms with Crippen molar-refractivity contribution < 1.29 is 13.5 Å². The first kappa shape index (κ1) is 11.9. The largest absolute Gasteiger partial charge is 0.496 e. The average Bonchev–Trinajstić information content (AvgIpc) is 2.16. The number of rotatable bonds is 4. The Morgan fingerprint density at radius 1 is 1.40 bits per heavy atom. The molecule has 0 bridgehead atoms. The molecule has 0 saturated carbocycles. The van der Waals surface area contributed by atoms with Gasteiger partial charge in [0.2, 0.25) is 0 Å². The van der Waals surface area contributed by atoms with E-state index in [1.165, 1.54) is 13.2 Å². The number of methoxy groups -OCH3 is 1. The van der Waals surface area contributed by atoms with Crippen LogP contribution in [0.3, 0.4) is 0 Å². The molecule has 2 nitrogen and oxygen atoms in total. The molecule has 1 atom stereocenters. The Labute approximate surface area is 88.0 Å². The van der Waals surface area contributed by atoms with E-state index in [2.05, 4.69) is 0 Å². The van der Waals surface area contributed by atoms with Crippen LogP contribution in [-0.4, -0.2) is 13.2 Å². The topological polar surface area (TPSA) is 35.2 Å². The SMILES string of the molecule is COc1cccc(C(F)F)c1CC(C)N. The third-order valence-electron chi connectivity index (χ3n) is 2.15. The average molecular weight is 215 g/mol. The minimum Gasteiger partial charge on any atom is -0.496 e. The van der Waals surface area contributed by atoms with Gasteiger partial charge in [-0.05, 0) is 19.4 Å². The van der Waals surface area contributed by atoms with E-state index in [9.17, 15) is 8.78 Å². The standard InChI is InChI=1S/C11H15F2NO/c1-7(14)6-9-8(11(12)13)4-3-5-10(9)15-2/h3-5,7,11H,6,14H2,1-2H3. The summed E-state index contributed by atoms with van der Waals surface area (Å²) in [7, 11) is 1.47. The molecule has 0 saturated heterocycles. The van der Waals surface area contributed by atoms with E-state index in [1.54, 1.807) is 19.1 Å². The van der Waals surface area contributed by atoms with Crippen LogP contribution in [0.15, 0.2) is 18.2 Å². The lowest BCUT2D eigenvalue weighted by molar-refractivity contribution is 0.149. The molecule has 0 aliphatic heterocycles. The van der Waals surface area contributed by atoms with Crippen LogP contribution in [0.2, 0.25) is 0 Å². The van der Waals surface area contributed by atoms with Crippen LogP contribution in [-0.2, 0) is 6.42 Å². The van der Waals surface area contributed by atoms with E-state index in [0.29, 0.717) is 17.7 Å². The number of alkyl halides is 2. The van der Waals surface area contributed by atoms with Crippen LogP contribution in [0, 0.1) is 0 Å². The van der Waals surface area contributed by atoms with Crippen molar-refractivity contribution in [1.29, 1.82) is 0 Å². The van der Waals surface area contributed by atoms with Gasteiger partial charge in [0.1, 0.15) is 5.75 Å². The summed E-state index contributed by atoms with van der Waals surface area (Å²) in [5.41, 5.74) is 6.13. The second-order valence-electron chi connectivity index (χ2n) is 3.51. The zero-order valence-electron chi connectivity index (χ0n) is 8.84. The monoisotopic (exact) mass is 215 g/mol. The Balaban J connectivity index is 3.14. The lowest BCUT2D eigenvalue weighted by Gasteiger charge is -2.14. The molecule has 1 aromatic rings. The molecule has 1 rings (SSSR count). The minimum absolute atomic E-state index is 0.00616. The van der Waals surface area contributed by atoms with Gasteiger partial charge in [-0.1, -0.05) is 12.1 Å². The van der Waals surface area contributed by atoms with Crippen LogP contribution in [0.4, 0.5) is 8.78 Å². The summed E-state index contributed by atoms with van der Waals surface area (Å²) in [6.45, 7) is 1.78. The Morgan fingerprint density at radius 3 is 2.53 bits per heavy atom. The van der Waals surface area contributed by atoms with E-state index in [-0.39, 0.29) is 11.6 Å². The summed E-state index contributed by atoms with van der Waals surface area (Å²) in [4.78, 5) is 0. The van der Waals surface area contributed by atoms with Gasteiger partial charge in [0, 0.05) is 17.2 Å². The van der Waals surface area contributed by atoms with E-state index < -0.39 is 6.43 Å². The van der Waals surface area contributed by atoms with Gasteiger partial charge in [-0.2, -0.15) is 0 Å². The fraction of sp³-hybridized carbons (Fsp3) is 0.455. The molecule has 0 amide bonds. The number of nitrogens with two attached hydrogens (primary N) is 1. The fourth-order valence-corrected chi connectivity index (χ4v) is 1.52. The first-order valence-corrected chi connectivity index (χ1v) is 4.75. The van der Waals surface area contributed by atoms with Gasteiger partial charge in [0.25, 0.3) is 6.43 Å². The van der Waals surface area contributed by atoms with Crippen molar-refractivity contribution >= 4 is 0 Å². The molecular weight excluding hydrogens is 200 g/mol. The zero-order valence-corrected chi connectivity index (χ0v) is 8.84. The first-order valence-electron chi connectivity index (χ1n) is 4.75. The molecule has 1 aromatic carbocycles. The van der Waals surface area contributed by atoms with Gasteiger partial charge < -0.3 is 10.5 Å². The van der Waals surface area contributed by atoms with E-state index in [4.69, 9.17) is 10.5 Å². The molecule has 0 aromatic heterocycles. The van der Waals surface area contributed by atoms with Crippen molar-refractivity contribution in [3.63, 3.8) is 0 Å². The number of ether oxygens (including phenoxy) is 1. The highest BCUT2D eigenvalue weighted by Gasteiger charge is 2.17. The molecular formula is C11H15F2NO. The smallest absolute Gasteiger partial charge is 0.264 e. The molecule has 84 valence electrons. The lowest BCUT2D eigenvalue weighted by Crippen LogP contribution is -2.19. The summed E-state index contributed by atoms with van der Waals surface area (Å²) < 4.78 is 30.4.